The number of nitrogens with two attached hydrogens (primary N) is 1. The van der Waals surface area contributed by atoms with Gasteiger partial charge in [0.15, 0.2) is 0 Å². The SMILES string of the molecule is CC(C)CCNC(=O)[C@@H](O)[C@H](N)Cc1ccccc1. The molecule has 0 spiro atoms. The molecule has 4 nitrogen and oxygen atoms in total. The van der Waals surface area contributed by atoms with E-state index in [-0.39, 0.29) is 5.91 Å². The minimum atomic E-state index is -1.16. The minimum absolute atomic E-state index is 0.385. The summed E-state index contributed by atoms with van der Waals surface area (Å²) in [6.45, 7) is 4.75. The van der Waals surface area contributed by atoms with Gasteiger partial charge < -0.3 is 16.2 Å². The van der Waals surface area contributed by atoms with Crippen LogP contribution in [0.5, 0.6) is 0 Å². The summed E-state index contributed by atoms with van der Waals surface area (Å²) >= 11 is 0. The van der Waals surface area contributed by atoms with Gasteiger partial charge in [0.2, 0.25) is 5.91 Å². The highest BCUT2D eigenvalue weighted by atomic mass is 16.3. The second kappa shape index (κ2) is 7.92. The van der Waals surface area contributed by atoms with Crippen molar-refractivity contribution < 1.29 is 9.90 Å². The third-order valence-corrected chi connectivity index (χ3v) is 3.01. The lowest BCUT2D eigenvalue weighted by atomic mass is 10.0. The molecule has 0 bridgehead atoms. The van der Waals surface area contributed by atoms with E-state index >= 15 is 0 Å². The number of hydrogen-bond acceptors (Lipinski definition) is 3. The Morgan fingerprint density at radius 2 is 1.95 bits per heavy atom. The highest BCUT2D eigenvalue weighted by Gasteiger charge is 2.22. The highest BCUT2D eigenvalue weighted by Crippen LogP contribution is 2.05. The van der Waals surface area contributed by atoms with E-state index in [1.54, 1.807) is 0 Å². The molecule has 1 aromatic rings. The first-order chi connectivity index (χ1) is 9.00. The molecule has 19 heavy (non-hydrogen) atoms. The van der Waals surface area contributed by atoms with Crippen molar-refractivity contribution in [3.63, 3.8) is 0 Å². The van der Waals surface area contributed by atoms with E-state index in [9.17, 15) is 9.90 Å². The van der Waals surface area contributed by atoms with Crippen LogP contribution >= 0.6 is 0 Å². The lowest BCUT2D eigenvalue weighted by Crippen LogP contribution is -2.47. The third-order valence-electron chi connectivity index (χ3n) is 3.01. The predicted molar refractivity (Wildman–Crippen MR) is 76.6 cm³/mol. The summed E-state index contributed by atoms with van der Waals surface area (Å²) in [7, 11) is 0. The molecule has 1 aromatic carbocycles. The largest absolute Gasteiger partial charge is 0.382 e. The van der Waals surface area contributed by atoms with Crippen molar-refractivity contribution in [3.8, 4) is 0 Å². The van der Waals surface area contributed by atoms with Crippen LogP contribution in [0.15, 0.2) is 30.3 Å². The average molecular weight is 264 g/mol. The van der Waals surface area contributed by atoms with Crippen molar-refractivity contribution in [2.24, 2.45) is 11.7 Å². The van der Waals surface area contributed by atoms with E-state index in [0.29, 0.717) is 18.9 Å². The number of carbonyl (C=O) groups excluding carboxylic acids is 1. The lowest BCUT2D eigenvalue weighted by molar-refractivity contribution is -0.130. The summed E-state index contributed by atoms with van der Waals surface area (Å²) in [6, 6.07) is 9.03. The molecule has 2 atom stereocenters. The van der Waals surface area contributed by atoms with Crippen LogP contribution in [0.2, 0.25) is 0 Å². The van der Waals surface area contributed by atoms with Crippen LogP contribution in [0.1, 0.15) is 25.8 Å². The van der Waals surface area contributed by atoms with Gasteiger partial charge >= 0.3 is 0 Å². The van der Waals surface area contributed by atoms with E-state index < -0.39 is 12.1 Å². The summed E-state index contributed by atoms with van der Waals surface area (Å²) in [5.41, 5.74) is 6.89. The van der Waals surface area contributed by atoms with Crippen LogP contribution in [0.4, 0.5) is 0 Å². The maximum atomic E-state index is 11.7. The Labute approximate surface area is 115 Å². The van der Waals surface area contributed by atoms with Crippen molar-refractivity contribution in [2.75, 3.05) is 6.54 Å². The summed E-state index contributed by atoms with van der Waals surface area (Å²) in [5, 5.41) is 12.6. The molecule has 106 valence electrons. The van der Waals surface area contributed by atoms with Crippen LogP contribution in [0.25, 0.3) is 0 Å². The van der Waals surface area contributed by atoms with Crippen LogP contribution in [0, 0.1) is 5.92 Å². The fourth-order valence-electron chi connectivity index (χ4n) is 1.78. The fraction of sp³-hybridized carbons (Fsp3) is 0.533. The van der Waals surface area contributed by atoms with Gasteiger partial charge in [0.25, 0.3) is 0 Å². The zero-order chi connectivity index (χ0) is 14.3. The van der Waals surface area contributed by atoms with Crippen LogP contribution in [0.3, 0.4) is 0 Å². The number of rotatable bonds is 7. The fourth-order valence-corrected chi connectivity index (χ4v) is 1.78. The molecule has 0 radical (unpaired) electrons. The first-order valence-corrected chi connectivity index (χ1v) is 6.76. The van der Waals surface area contributed by atoms with E-state index in [4.69, 9.17) is 5.73 Å². The smallest absolute Gasteiger partial charge is 0.250 e. The van der Waals surface area contributed by atoms with Crippen molar-refractivity contribution in [1.29, 1.82) is 0 Å². The van der Waals surface area contributed by atoms with Crippen LogP contribution in [-0.4, -0.2) is 29.7 Å². The molecule has 4 heteroatoms. The highest BCUT2D eigenvalue weighted by molar-refractivity contribution is 5.81. The molecule has 0 aliphatic rings. The van der Waals surface area contributed by atoms with Crippen LogP contribution < -0.4 is 11.1 Å². The number of aliphatic hydroxyl groups excluding tert-OH is 1. The van der Waals surface area contributed by atoms with Gasteiger partial charge in [-0.3, -0.25) is 4.79 Å². The maximum absolute atomic E-state index is 11.7. The first-order valence-electron chi connectivity index (χ1n) is 6.76. The Kier molecular flexibility index (Phi) is 6.53. The zero-order valence-electron chi connectivity index (χ0n) is 11.7. The molecule has 1 amide bonds. The average Bonchev–Trinajstić information content (AvgIpc) is 2.38. The summed E-state index contributed by atoms with van der Waals surface area (Å²) in [4.78, 5) is 11.7. The number of carbonyl (C=O) groups is 1. The first kappa shape index (κ1) is 15.7. The molecule has 0 aliphatic carbocycles. The van der Waals surface area contributed by atoms with Crippen LogP contribution in [-0.2, 0) is 11.2 Å². The number of nitrogens with one attached hydrogen (secondary N) is 1. The number of amides is 1. The molecule has 1 rings (SSSR count). The number of aliphatic hydroxyl groups is 1. The Hall–Kier alpha value is -1.39. The standard InChI is InChI=1S/C15H24N2O2/c1-11(2)8-9-17-15(19)14(18)13(16)10-12-6-4-3-5-7-12/h3-7,11,13-14,18H,8-10,16H2,1-2H3,(H,17,19)/t13-,14+/m1/s1. The summed E-state index contributed by atoms with van der Waals surface area (Å²) < 4.78 is 0. The van der Waals surface area contributed by atoms with Gasteiger partial charge in [-0.1, -0.05) is 44.2 Å². The van der Waals surface area contributed by atoms with Gasteiger partial charge in [-0.05, 0) is 24.3 Å². The Bertz CT molecular complexity index is 379. The third kappa shape index (κ3) is 5.85. The normalized spacial score (nSPS) is 14.2. The molecule has 0 fully saturated rings. The second-order valence-electron chi connectivity index (χ2n) is 5.27. The Morgan fingerprint density at radius 3 is 2.53 bits per heavy atom. The van der Waals surface area contributed by atoms with E-state index in [1.165, 1.54) is 0 Å². The molecule has 0 saturated carbocycles. The van der Waals surface area contributed by atoms with Gasteiger partial charge in [-0.2, -0.15) is 0 Å². The van der Waals surface area contributed by atoms with Gasteiger partial charge in [0, 0.05) is 12.6 Å². The summed E-state index contributed by atoms with van der Waals surface area (Å²) in [5.74, 6) is 0.138. The molecular weight excluding hydrogens is 240 g/mol. The van der Waals surface area contributed by atoms with E-state index in [1.807, 2.05) is 30.3 Å². The molecule has 0 saturated heterocycles. The van der Waals surface area contributed by atoms with E-state index in [0.717, 1.165) is 12.0 Å². The van der Waals surface area contributed by atoms with Crippen molar-refractivity contribution in [1.82, 2.24) is 5.32 Å². The Morgan fingerprint density at radius 1 is 1.32 bits per heavy atom. The van der Waals surface area contributed by atoms with Gasteiger partial charge in [-0.25, -0.2) is 0 Å². The molecule has 0 heterocycles. The van der Waals surface area contributed by atoms with Gasteiger partial charge in [-0.15, -0.1) is 0 Å². The molecule has 4 N–H and O–H groups in total. The zero-order valence-corrected chi connectivity index (χ0v) is 11.7. The number of benzene rings is 1. The molecule has 0 aliphatic heterocycles. The van der Waals surface area contributed by atoms with Gasteiger partial charge in [0.1, 0.15) is 6.10 Å². The molecular formula is C15H24N2O2. The number of hydrogen-bond donors (Lipinski definition) is 3. The van der Waals surface area contributed by atoms with Gasteiger partial charge in [0.05, 0.1) is 0 Å². The maximum Gasteiger partial charge on any atom is 0.250 e. The lowest BCUT2D eigenvalue weighted by Gasteiger charge is -2.18. The minimum Gasteiger partial charge on any atom is -0.382 e. The quantitative estimate of drug-likeness (QED) is 0.690. The van der Waals surface area contributed by atoms with Crippen molar-refractivity contribution in [2.45, 2.75) is 38.8 Å². The van der Waals surface area contributed by atoms with E-state index in [2.05, 4.69) is 19.2 Å². The second-order valence-corrected chi connectivity index (χ2v) is 5.27. The monoisotopic (exact) mass is 264 g/mol. The summed E-state index contributed by atoms with van der Waals surface area (Å²) in [6.07, 6.45) is 0.221. The topological polar surface area (TPSA) is 75.3 Å². The van der Waals surface area contributed by atoms with Crippen molar-refractivity contribution >= 4 is 5.91 Å². The molecule has 0 aromatic heterocycles. The Balaban J connectivity index is 2.39. The molecule has 0 unspecified atom stereocenters. The van der Waals surface area contributed by atoms with Crippen molar-refractivity contribution in [3.05, 3.63) is 35.9 Å². The predicted octanol–water partition coefficient (Wildman–Crippen LogP) is 1.08.